The molecule has 5 aliphatic rings. The van der Waals surface area contributed by atoms with Gasteiger partial charge in [-0.3, -0.25) is 9.59 Å². The van der Waals surface area contributed by atoms with Crippen LogP contribution in [0.3, 0.4) is 0 Å². The van der Waals surface area contributed by atoms with Crippen molar-refractivity contribution in [2.45, 2.75) is 103 Å². The fourth-order valence-corrected chi connectivity index (χ4v) is 10.5. The van der Waals surface area contributed by atoms with Crippen molar-refractivity contribution in [2.75, 3.05) is 7.11 Å². The fraction of sp³-hybridized carbons (Fsp3) is 0.385. The predicted octanol–water partition coefficient (Wildman–Crippen LogP) is 11.8. The van der Waals surface area contributed by atoms with Gasteiger partial charge in [0.15, 0.2) is 5.78 Å². The topological polar surface area (TPSA) is 102 Å². The van der Waals surface area contributed by atoms with Gasteiger partial charge in [-0.05, 0) is 121 Å². The number of ketones is 1. The Kier molecular flexibility index (Phi) is 12.9. The van der Waals surface area contributed by atoms with Crippen LogP contribution in [-0.2, 0) is 16.0 Å². The van der Waals surface area contributed by atoms with E-state index in [1.807, 2.05) is 93.8 Å². The first-order valence-electron chi connectivity index (χ1n) is 21.4. The molecule has 0 spiro atoms. The molecule has 0 bridgehead atoms. The van der Waals surface area contributed by atoms with Gasteiger partial charge in [-0.2, -0.15) is 0 Å². The van der Waals surface area contributed by atoms with Crippen LogP contribution in [0.4, 0.5) is 0 Å². The number of hydrogen-bond acceptors (Lipinski definition) is 7. The lowest BCUT2D eigenvalue weighted by atomic mass is 9.55. The molecule has 2 N–H and O–H groups in total. The summed E-state index contributed by atoms with van der Waals surface area (Å²) in [7, 11) is 1.89. The number of hydrogen-bond donors (Lipinski definition) is 2. The second-order valence-corrected chi connectivity index (χ2v) is 16.7. The lowest BCUT2D eigenvalue weighted by Crippen LogP contribution is -2.44. The van der Waals surface area contributed by atoms with Crippen molar-refractivity contribution < 1.29 is 34.0 Å². The number of fused-ring (bicyclic) bond motifs is 7. The van der Waals surface area contributed by atoms with Gasteiger partial charge in [0.25, 0.3) is 0 Å². The number of rotatable bonds is 3. The molecule has 10 rings (SSSR count). The molecule has 2 saturated carbocycles. The second kappa shape index (κ2) is 18.3. The highest BCUT2D eigenvalue weighted by Crippen LogP contribution is 2.61. The Hall–Kier alpha value is -5.40. The third-order valence-corrected chi connectivity index (χ3v) is 13.3. The van der Waals surface area contributed by atoms with Gasteiger partial charge >= 0.3 is 5.97 Å². The van der Waals surface area contributed by atoms with Crippen molar-refractivity contribution in [3.63, 3.8) is 0 Å². The zero-order valence-electron chi connectivity index (χ0n) is 35.0. The summed E-state index contributed by atoms with van der Waals surface area (Å²) in [4.78, 5) is 23.7. The van der Waals surface area contributed by atoms with Crippen LogP contribution in [0.15, 0.2) is 115 Å². The van der Waals surface area contributed by atoms with Gasteiger partial charge in [0.2, 0.25) is 0 Å². The minimum Gasteiger partial charge on any atom is -0.508 e. The Morgan fingerprint density at radius 2 is 1.41 bits per heavy atom. The van der Waals surface area contributed by atoms with E-state index in [1.54, 1.807) is 6.07 Å². The smallest absolute Gasteiger partial charge is 0.312 e. The van der Waals surface area contributed by atoms with Crippen LogP contribution in [0.1, 0.15) is 127 Å². The number of Topliss-reactive ketones (excluding diaryl/α,β-unsaturated/α-hetero) is 1. The minimum atomic E-state index is -0.270. The number of phenols is 2. The Balaban J connectivity index is 0.000000132. The first-order valence-corrected chi connectivity index (χ1v) is 21.4. The average molecular weight is 795 g/mol. The maximum Gasteiger partial charge on any atom is 0.312 e. The molecule has 7 heteroatoms. The quantitative estimate of drug-likeness (QED) is 0.138. The van der Waals surface area contributed by atoms with E-state index in [4.69, 9.17) is 14.2 Å². The van der Waals surface area contributed by atoms with E-state index in [0.717, 1.165) is 29.4 Å². The van der Waals surface area contributed by atoms with Crippen molar-refractivity contribution in [1.29, 1.82) is 0 Å². The Morgan fingerprint density at radius 3 is 2.14 bits per heavy atom. The molecule has 7 unspecified atom stereocenters. The Labute approximate surface area is 349 Å². The van der Waals surface area contributed by atoms with Crippen LogP contribution >= 0.6 is 0 Å². The van der Waals surface area contributed by atoms with Crippen LogP contribution < -0.4 is 9.47 Å². The van der Waals surface area contributed by atoms with Gasteiger partial charge < -0.3 is 24.4 Å². The molecule has 3 aliphatic carbocycles. The largest absolute Gasteiger partial charge is 0.508 e. The SMILES string of the molecule is CC.COC1CCC2C3CCc4cc(O)ccc4C3CCC12C.Cc1ccc2c(c1)C(c1ccccc1)CC(=O)O2.O=C1CC(c2ccccc2)Oc2cc(O)ccc21. The van der Waals surface area contributed by atoms with Crippen molar-refractivity contribution >= 4 is 11.8 Å². The molecule has 7 atom stereocenters. The molecule has 59 heavy (non-hydrogen) atoms. The van der Waals surface area contributed by atoms with E-state index in [0.29, 0.717) is 53.1 Å². The second-order valence-electron chi connectivity index (χ2n) is 16.7. The number of aromatic hydroxyl groups is 2. The van der Waals surface area contributed by atoms with Gasteiger partial charge in [-0.15, -0.1) is 0 Å². The van der Waals surface area contributed by atoms with Crippen molar-refractivity contribution in [1.82, 2.24) is 0 Å². The number of benzene rings is 5. The van der Waals surface area contributed by atoms with Gasteiger partial charge in [0.05, 0.1) is 24.5 Å². The molecule has 5 aromatic rings. The standard InChI is InChI=1S/C19H26O2.C16H14O2.C15H12O3.C2H6/c1-19-10-9-15-14-6-4-13(20)11-12(14)3-5-16(15)17(19)7-8-18(19)21-2;1-11-7-8-15-14(9-11)13(10-16(17)18-15)12-5-3-2-4-6-12;16-11-6-7-12-13(17)9-14(18-15(12)8-11)10-4-2-1-3-5-10;1-2/h4,6,11,15-18,20H,3,5,7-10H2,1-2H3;2-9,13H,10H2,1H3;1-8,14,16H,9H2;1-2H3. The summed E-state index contributed by atoms with van der Waals surface area (Å²) in [6, 6.07) is 36.4. The molecule has 0 aromatic heterocycles. The van der Waals surface area contributed by atoms with Crippen LogP contribution in [0.5, 0.6) is 23.0 Å². The summed E-state index contributed by atoms with van der Waals surface area (Å²) in [5.74, 6) is 4.05. The minimum absolute atomic E-state index is 0.0464. The average Bonchev–Trinajstić information content (AvgIpc) is 3.61. The molecule has 2 aliphatic heterocycles. The number of carbonyl (C=O) groups excluding carboxylic acids is 2. The van der Waals surface area contributed by atoms with Gasteiger partial charge in [0.1, 0.15) is 29.1 Å². The van der Waals surface area contributed by atoms with Crippen LogP contribution in [-0.4, -0.2) is 35.2 Å². The summed E-state index contributed by atoms with van der Waals surface area (Å²) < 4.78 is 16.9. The van der Waals surface area contributed by atoms with Gasteiger partial charge in [0, 0.05) is 24.7 Å². The first-order chi connectivity index (χ1) is 28.6. The van der Waals surface area contributed by atoms with E-state index in [1.165, 1.54) is 66.5 Å². The molecule has 5 aromatic carbocycles. The number of ether oxygens (including phenoxy) is 3. The monoisotopic (exact) mass is 794 g/mol. The summed E-state index contributed by atoms with van der Waals surface area (Å²) >= 11 is 0. The number of phenolic OH excluding ortho intramolecular Hbond substituents is 2. The third kappa shape index (κ3) is 8.82. The molecule has 0 saturated heterocycles. The van der Waals surface area contributed by atoms with Crippen LogP contribution in [0.25, 0.3) is 0 Å². The van der Waals surface area contributed by atoms with E-state index < -0.39 is 0 Å². The van der Waals surface area contributed by atoms with E-state index in [9.17, 15) is 19.8 Å². The summed E-state index contributed by atoms with van der Waals surface area (Å²) in [6.07, 6.45) is 8.52. The third-order valence-electron chi connectivity index (χ3n) is 13.3. The summed E-state index contributed by atoms with van der Waals surface area (Å²) in [5, 5.41) is 19.2. The first kappa shape index (κ1) is 41.7. The van der Waals surface area contributed by atoms with Crippen molar-refractivity contribution in [3.8, 4) is 23.0 Å². The number of methoxy groups -OCH3 is 1. The highest BCUT2D eigenvalue weighted by molar-refractivity contribution is 6.00. The molecule has 308 valence electrons. The lowest BCUT2D eigenvalue weighted by molar-refractivity contribution is -0.135. The van der Waals surface area contributed by atoms with Crippen LogP contribution in [0, 0.1) is 24.2 Å². The maximum atomic E-state index is 12.0. The Morgan fingerprint density at radius 1 is 0.712 bits per heavy atom. The van der Waals surface area contributed by atoms with E-state index in [-0.39, 0.29) is 29.5 Å². The van der Waals surface area contributed by atoms with Crippen molar-refractivity contribution in [2.24, 2.45) is 17.3 Å². The van der Waals surface area contributed by atoms with Crippen LogP contribution in [0.2, 0.25) is 0 Å². The van der Waals surface area contributed by atoms with E-state index in [2.05, 4.69) is 38.1 Å². The van der Waals surface area contributed by atoms with Gasteiger partial charge in [-0.25, -0.2) is 0 Å². The Bertz CT molecular complexity index is 2230. The maximum absolute atomic E-state index is 12.0. The molecule has 2 fully saturated rings. The zero-order chi connectivity index (χ0) is 41.7. The normalized spacial score (nSPS) is 25.8. The molecule has 0 amide bonds. The number of aryl methyl sites for hydroxylation is 2. The number of esters is 1. The fourth-order valence-electron chi connectivity index (χ4n) is 10.5. The number of carbonyl (C=O) groups is 2. The summed E-state index contributed by atoms with van der Waals surface area (Å²) in [6.45, 7) is 8.53. The molecule has 0 radical (unpaired) electrons. The zero-order valence-corrected chi connectivity index (χ0v) is 35.0. The highest BCUT2D eigenvalue weighted by atomic mass is 16.5. The van der Waals surface area contributed by atoms with Crippen molar-refractivity contribution in [3.05, 3.63) is 154 Å². The predicted molar refractivity (Wildman–Crippen MR) is 231 cm³/mol. The summed E-state index contributed by atoms with van der Waals surface area (Å²) in [5.41, 5.74) is 8.28. The molecule has 7 nitrogen and oxygen atoms in total. The highest BCUT2D eigenvalue weighted by Gasteiger charge is 2.55. The molecular formula is C52H58O7. The van der Waals surface area contributed by atoms with Gasteiger partial charge in [-0.1, -0.05) is 105 Å². The van der Waals surface area contributed by atoms with E-state index >= 15 is 0 Å². The lowest BCUT2D eigenvalue weighted by Gasteiger charge is -2.50. The molecular weight excluding hydrogens is 737 g/mol. The molecule has 2 heterocycles.